The number of carboxylic acid groups (broad SMARTS) is 1. The number of esters is 2. The smallest absolute Gasteiger partial charge is 0.328 e. The van der Waals surface area contributed by atoms with Gasteiger partial charge in [-0.25, -0.2) is 9.59 Å². The van der Waals surface area contributed by atoms with Crippen molar-refractivity contribution in [2.24, 2.45) is 17.2 Å². The molecule has 0 saturated heterocycles. The van der Waals surface area contributed by atoms with E-state index in [1.165, 1.54) is 170 Å². The van der Waals surface area contributed by atoms with Crippen molar-refractivity contribution in [3.05, 3.63) is 45.9 Å². The number of aliphatic hydroxyl groups is 1. The average Bonchev–Trinajstić information content (AvgIpc) is 1.63. The monoisotopic (exact) mass is 1850 g/mol. The molecule has 0 saturated carbocycles. The summed E-state index contributed by atoms with van der Waals surface area (Å²) in [5.74, 6) is -6.93. The van der Waals surface area contributed by atoms with Crippen LogP contribution >= 0.6 is 11.8 Å². The Hall–Kier alpha value is -7.94. The molecule has 19 N–H and O–H groups in total. The van der Waals surface area contributed by atoms with Crippen molar-refractivity contribution in [3.63, 3.8) is 0 Å². The summed E-state index contributed by atoms with van der Waals surface area (Å²) in [6, 6.07) is -1.80. The predicted octanol–water partition coefficient (Wildman–Crippen LogP) is 14.9. The fraction of sp³-hybridized carbons (Fsp3) is 0.786. The second-order valence-corrected chi connectivity index (χ2v) is 36.6. The fourth-order valence-electron chi connectivity index (χ4n) is 15.7. The summed E-state index contributed by atoms with van der Waals surface area (Å²) in [7, 11) is 0. The van der Waals surface area contributed by atoms with E-state index in [4.69, 9.17) is 32.4 Å². The van der Waals surface area contributed by atoms with E-state index < -0.39 is 114 Å². The van der Waals surface area contributed by atoms with Crippen LogP contribution in [-0.4, -0.2) is 189 Å². The van der Waals surface area contributed by atoms with E-state index in [2.05, 4.69) is 85.2 Å². The standard InChI is InChI=1S/C98H174N16O15S/c1-5-9-13-16-19-22-25-28-31-34-37-40-43-58-84(116)105-83(74-130-73-77(129-86(118)60-45-42-39-36-33-30-27-24-21-18-15-11-7-3)72-128-85(117)59-44-41-38-35-32-29-26-23-20-17-14-10-6-2)95(124)110-82(71-115)94(123)108-80(92(121)106-78(54-46-50-65-99)91(120)107-79(55-47-51-66-100)93(122)109-81(96(125)126)57-48-52-67-101)56-49-53-69-103-90(119)76-63-61-75(62-64-76)70-114-89-87(111-98(114)127)88(102)112-97(113-89)104-68-12-8-4/h61-64,77-83,115H,5-60,65-74,99-101H2,1-4H3,(H,103,119)(H,105,116)(H,106,121)(H,107,120)(H,108,123)(H,109,122)(H,110,124)(H,111,127)(H,125,126)(H3,102,104,112,113)/t77?,78-,79-,80-,81-,82-,83-/m0/s1. The number of carbonyl (C=O) groups excluding carboxylic acids is 9. The van der Waals surface area contributed by atoms with E-state index in [0.29, 0.717) is 93.2 Å². The minimum atomic E-state index is -1.73. The molecule has 0 radical (unpaired) electrons. The summed E-state index contributed by atoms with van der Waals surface area (Å²) in [4.78, 5) is 165. The minimum Gasteiger partial charge on any atom is -0.480 e. The van der Waals surface area contributed by atoms with Crippen LogP contribution in [0.2, 0.25) is 0 Å². The van der Waals surface area contributed by atoms with Crippen LogP contribution in [0, 0.1) is 0 Å². The first-order chi connectivity index (χ1) is 63.2. The third-order valence-electron chi connectivity index (χ3n) is 23.8. The van der Waals surface area contributed by atoms with Gasteiger partial charge in [0.25, 0.3) is 5.91 Å². The van der Waals surface area contributed by atoms with E-state index in [0.717, 1.165) is 89.9 Å². The highest BCUT2D eigenvalue weighted by molar-refractivity contribution is 7.99. The van der Waals surface area contributed by atoms with Crippen LogP contribution < -0.4 is 71.2 Å². The predicted molar refractivity (Wildman–Crippen MR) is 522 cm³/mol. The molecular weight excluding hydrogens is 1670 g/mol. The Balaban J connectivity index is 1.95. The summed E-state index contributed by atoms with van der Waals surface area (Å²) in [5.41, 5.74) is 24.8. The number of H-pyrrole nitrogens is 1. The zero-order valence-electron chi connectivity index (χ0n) is 80.3. The van der Waals surface area contributed by atoms with Crippen molar-refractivity contribution in [2.75, 3.05) is 68.5 Å². The zero-order valence-corrected chi connectivity index (χ0v) is 81.1. The molecule has 3 aromatic rings. The number of hydrogen-bond acceptors (Lipinski definition) is 22. The third-order valence-corrected chi connectivity index (χ3v) is 25.0. The molecule has 0 fully saturated rings. The third kappa shape index (κ3) is 54.9. The van der Waals surface area contributed by atoms with Gasteiger partial charge in [-0.1, -0.05) is 277 Å². The Morgan fingerprint density at radius 3 is 1.25 bits per heavy atom. The lowest BCUT2D eigenvalue weighted by Gasteiger charge is -2.27. The number of benzene rings is 1. The van der Waals surface area contributed by atoms with Crippen molar-refractivity contribution in [3.8, 4) is 0 Å². The number of nitrogens with one attached hydrogen (secondary N) is 9. The summed E-state index contributed by atoms with van der Waals surface area (Å²) >= 11 is 1.17. The van der Waals surface area contributed by atoms with Gasteiger partial charge in [0.2, 0.25) is 41.4 Å². The van der Waals surface area contributed by atoms with Crippen LogP contribution in [0.15, 0.2) is 29.1 Å². The molecule has 0 aliphatic heterocycles. The van der Waals surface area contributed by atoms with Gasteiger partial charge in [-0.3, -0.25) is 47.7 Å². The number of aliphatic hydroxyl groups excluding tert-OH is 1. The zero-order chi connectivity index (χ0) is 94.8. The van der Waals surface area contributed by atoms with E-state index in [1.54, 1.807) is 24.3 Å². The maximum atomic E-state index is 15.0. The quantitative estimate of drug-likeness (QED) is 0.0184. The Bertz CT molecular complexity index is 3610. The number of aromatic nitrogens is 4. The van der Waals surface area contributed by atoms with Crippen molar-refractivity contribution < 1.29 is 67.6 Å². The number of nitrogens with two attached hydrogens (primary N) is 4. The summed E-state index contributed by atoms with van der Waals surface area (Å²) in [6.45, 7) is 9.14. The van der Waals surface area contributed by atoms with E-state index in [-0.39, 0.29) is 114 Å². The molecule has 130 heavy (non-hydrogen) atoms. The summed E-state index contributed by atoms with van der Waals surface area (Å²) in [6.07, 6.45) is 48.5. The number of imidazole rings is 1. The second kappa shape index (κ2) is 76.5. The van der Waals surface area contributed by atoms with Gasteiger partial charge in [0.05, 0.1) is 13.2 Å². The maximum absolute atomic E-state index is 15.0. The Kier molecular flexibility index (Phi) is 68.4. The van der Waals surface area contributed by atoms with Gasteiger partial charge in [-0.2, -0.15) is 21.7 Å². The highest BCUT2D eigenvalue weighted by Gasteiger charge is 2.34. The minimum absolute atomic E-state index is 0.00689. The first-order valence-electron chi connectivity index (χ1n) is 50.7. The van der Waals surface area contributed by atoms with Gasteiger partial charge in [-0.15, -0.1) is 0 Å². The number of aromatic amines is 1. The molecule has 1 unspecified atom stereocenters. The van der Waals surface area contributed by atoms with E-state index in [1.807, 2.05) is 0 Å². The highest BCUT2D eigenvalue weighted by Crippen LogP contribution is 2.23. The maximum Gasteiger partial charge on any atom is 0.328 e. The lowest BCUT2D eigenvalue weighted by atomic mass is 10.0. The van der Waals surface area contributed by atoms with Crippen LogP contribution in [0.3, 0.4) is 0 Å². The molecule has 7 amide bonds. The molecular formula is C98H174N16O15S. The number of rotatable bonds is 86. The number of thioether (sulfide) groups is 1. The van der Waals surface area contributed by atoms with Crippen LogP contribution in [0.5, 0.6) is 0 Å². The molecule has 0 bridgehead atoms. The van der Waals surface area contributed by atoms with Crippen LogP contribution in [0.1, 0.15) is 403 Å². The molecule has 2 heterocycles. The topological polar surface area (TPSA) is 494 Å². The molecule has 2 aromatic heterocycles. The lowest BCUT2D eigenvalue weighted by molar-refractivity contribution is -0.157. The molecule has 0 spiro atoms. The SMILES string of the molecule is CCCCCCCCCCCCCCCC(=O)N[C@@H](CSCC(COC(=O)CCCCCCCCCCCCCCC)OC(=O)CCCCCCCCCCCCCCC)C(=O)N[C@@H](CO)C(=O)N[C@@H](CCCCNC(=O)c1ccc(Cn2c(=O)[nH]c3c(N)nc(NCCCC)nc32)cc1)C(=O)N[C@@H](CCCCN)C(=O)N[C@@H](CCCCN)C(=O)N[C@@H](CCCCN)C(=O)O. The Morgan fingerprint density at radius 2 is 0.815 bits per heavy atom. The largest absolute Gasteiger partial charge is 0.480 e. The number of ether oxygens (including phenoxy) is 2. The lowest BCUT2D eigenvalue weighted by Crippen LogP contribution is -2.60. The molecule has 31 nitrogen and oxygen atoms in total. The highest BCUT2D eigenvalue weighted by atomic mass is 32.2. The van der Waals surface area contributed by atoms with Gasteiger partial charge < -0.3 is 90.1 Å². The normalized spacial score (nSPS) is 13.0. The molecule has 742 valence electrons. The van der Waals surface area contributed by atoms with Gasteiger partial charge in [0, 0.05) is 49.4 Å². The molecule has 1 aromatic carbocycles. The Morgan fingerprint density at radius 1 is 0.431 bits per heavy atom. The van der Waals surface area contributed by atoms with Crippen molar-refractivity contribution in [1.29, 1.82) is 0 Å². The first-order valence-corrected chi connectivity index (χ1v) is 51.9. The summed E-state index contributed by atoms with van der Waals surface area (Å²) in [5, 5.41) is 43.5. The van der Waals surface area contributed by atoms with Crippen LogP contribution in [-0.2, 0) is 59.2 Å². The number of fused-ring (bicyclic) bond motifs is 1. The van der Waals surface area contributed by atoms with Gasteiger partial charge in [0.1, 0.15) is 54.5 Å². The van der Waals surface area contributed by atoms with Crippen molar-refractivity contribution in [2.45, 2.75) is 436 Å². The number of amides is 7. The molecule has 0 aliphatic carbocycles. The number of carbonyl (C=O) groups is 10. The van der Waals surface area contributed by atoms with Crippen LogP contribution in [0.25, 0.3) is 11.2 Å². The molecule has 7 atom stereocenters. The second-order valence-electron chi connectivity index (χ2n) is 35.5. The number of hydrogen-bond donors (Lipinski definition) is 15. The number of carboxylic acids is 1. The average molecular weight is 1850 g/mol. The van der Waals surface area contributed by atoms with Gasteiger partial charge in [0.15, 0.2) is 11.5 Å². The van der Waals surface area contributed by atoms with Crippen molar-refractivity contribution >= 4 is 94.0 Å². The van der Waals surface area contributed by atoms with E-state index >= 15 is 4.79 Å². The number of unbranched alkanes of at least 4 members (excludes halogenated alkanes) is 41. The number of nitrogens with zero attached hydrogens (tertiary/aromatic N) is 3. The molecule has 3 rings (SSSR count). The van der Waals surface area contributed by atoms with Gasteiger partial charge in [-0.05, 0) is 140 Å². The van der Waals surface area contributed by atoms with Crippen molar-refractivity contribution in [1.82, 2.24) is 56.7 Å². The summed E-state index contributed by atoms with van der Waals surface area (Å²) < 4.78 is 13.3. The van der Waals surface area contributed by atoms with Crippen LogP contribution in [0.4, 0.5) is 11.8 Å². The fourth-order valence-corrected chi connectivity index (χ4v) is 16.8. The molecule has 0 aliphatic rings. The molecule has 32 heteroatoms. The Labute approximate surface area is 781 Å². The number of nitrogen functional groups attached to an aromatic ring is 1. The van der Waals surface area contributed by atoms with Gasteiger partial charge >= 0.3 is 23.6 Å². The number of aliphatic carboxylic acids is 1. The first kappa shape index (κ1) is 116. The number of anilines is 2. The van der Waals surface area contributed by atoms with E-state index in [9.17, 15) is 58.2 Å².